The maximum absolute atomic E-state index is 11.9. The number of aromatic nitrogens is 2. The zero-order chi connectivity index (χ0) is 20.8. The van der Waals surface area contributed by atoms with Crippen LogP contribution in [-0.2, 0) is 13.0 Å². The van der Waals surface area contributed by atoms with Crippen LogP contribution in [-0.4, -0.2) is 28.0 Å². The average Bonchev–Trinajstić information content (AvgIpc) is 2.79. The highest BCUT2D eigenvalue weighted by Gasteiger charge is 2.29. The van der Waals surface area contributed by atoms with E-state index in [1.54, 1.807) is 0 Å². The third-order valence-electron chi connectivity index (χ3n) is 5.57. The van der Waals surface area contributed by atoms with Crippen LogP contribution in [0.25, 0.3) is 0 Å². The van der Waals surface area contributed by atoms with Gasteiger partial charge in [0.1, 0.15) is 6.33 Å². The largest absolute Gasteiger partial charge is 0.360 e. The first-order chi connectivity index (χ1) is 14.7. The van der Waals surface area contributed by atoms with E-state index in [2.05, 4.69) is 39.6 Å². The molecule has 1 aliphatic heterocycles. The molecular formula is C23H25N5O2. The number of nitrogens with one attached hydrogen (secondary N) is 1. The predicted molar refractivity (Wildman–Crippen MR) is 118 cm³/mol. The molecule has 7 heteroatoms. The molecule has 0 amide bonds. The molecule has 1 saturated heterocycles. The van der Waals surface area contributed by atoms with Crippen LogP contribution in [0, 0.1) is 16.0 Å². The van der Waals surface area contributed by atoms with Crippen molar-refractivity contribution in [2.24, 2.45) is 5.92 Å². The zero-order valence-corrected chi connectivity index (χ0v) is 16.8. The van der Waals surface area contributed by atoms with E-state index in [0.717, 1.165) is 37.9 Å². The molecule has 0 bridgehead atoms. The van der Waals surface area contributed by atoms with Gasteiger partial charge >= 0.3 is 5.69 Å². The van der Waals surface area contributed by atoms with Crippen LogP contribution < -0.4 is 10.2 Å². The van der Waals surface area contributed by atoms with Crippen LogP contribution in [0.3, 0.4) is 0 Å². The van der Waals surface area contributed by atoms with Gasteiger partial charge in [-0.3, -0.25) is 10.1 Å². The smallest absolute Gasteiger partial charge is 0.353 e. The summed E-state index contributed by atoms with van der Waals surface area (Å²) in [6, 6.07) is 20.2. The second-order valence-corrected chi connectivity index (χ2v) is 7.61. The molecule has 2 aromatic carbocycles. The van der Waals surface area contributed by atoms with Gasteiger partial charge in [-0.05, 0) is 36.3 Å². The molecule has 2 heterocycles. The number of piperidine rings is 1. The Kier molecular flexibility index (Phi) is 6.17. The lowest BCUT2D eigenvalue weighted by atomic mass is 9.90. The van der Waals surface area contributed by atoms with E-state index in [0.29, 0.717) is 18.3 Å². The summed E-state index contributed by atoms with van der Waals surface area (Å²) in [6.45, 7) is 1.98. The molecule has 1 aromatic heterocycles. The summed E-state index contributed by atoms with van der Waals surface area (Å²) in [7, 11) is 0. The third kappa shape index (κ3) is 4.74. The van der Waals surface area contributed by atoms with Crippen molar-refractivity contribution in [1.29, 1.82) is 0 Å². The van der Waals surface area contributed by atoms with Gasteiger partial charge < -0.3 is 10.2 Å². The number of nitro groups is 1. The van der Waals surface area contributed by atoms with Crippen molar-refractivity contribution < 1.29 is 4.92 Å². The first-order valence-electron chi connectivity index (χ1n) is 10.3. The van der Waals surface area contributed by atoms with E-state index in [9.17, 15) is 10.1 Å². The molecule has 4 rings (SSSR count). The fourth-order valence-electron chi connectivity index (χ4n) is 3.98. The molecule has 0 aliphatic carbocycles. The Labute approximate surface area is 175 Å². The second kappa shape index (κ2) is 9.35. The molecule has 1 N–H and O–H groups in total. The van der Waals surface area contributed by atoms with E-state index < -0.39 is 0 Å². The minimum Gasteiger partial charge on any atom is -0.360 e. The molecule has 7 nitrogen and oxygen atoms in total. The molecule has 0 saturated carbocycles. The van der Waals surface area contributed by atoms with Crippen molar-refractivity contribution in [3.63, 3.8) is 0 Å². The summed E-state index contributed by atoms with van der Waals surface area (Å²) in [4.78, 5) is 21.9. The SMILES string of the molecule is O=[N+]([O-])c1c(NCc2ccccc2)ncnc1N1CCC(Cc2ccccc2)CC1. The van der Waals surface area contributed by atoms with Gasteiger partial charge in [0.05, 0.1) is 4.92 Å². The molecule has 3 aromatic rings. The van der Waals surface area contributed by atoms with Crippen LogP contribution in [0.5, 0.6) is 0 Å². The Hall–Kier alpha value is -3.48. The van der Waals surface area contributed by atoms with E-state index in [1.165, 1.54) is 11.9 Å². The molecule has 154 valence electrons. The minimum atomic E-state index is -0.376. The van der Waals surface area contributed by atoms with Crippen LogP contribution in [0.15, 0.2) is 67.0 Å². The molecule has 30 heavy (non-hydrogen) atoms. The predicted octanol–water partition coefficient (Wildman–Crippen LogP) is 4.46. The fourth-order valence-corrected chi connectivity index (χ4v) is 3.98. The summed E-state index contributed by atoms with van der Waals surface area (Å²) in [6.07, 6.45) is 4.43. The first kappa shape index (κ1) is 19.8. The molecule has 1 aliphatic rings. The summed E-state index contributed by atoms with van der Waals surface area (Å²) in [5, 5.41) is 15.0. The van der Waals surface area contributed by atoms with Gasteiger partial charge in [-0.2, -0.15) is 0 Å². The third-order valence-corrected chi connectivity index (χ3v) is 5.57. The van der Waals surface area contributed by atoms with E-state index in [4.69, 9.17) is 0 Å². The van der Waals surface area contributed by atoms with Crippen LogP contribution in [0.4, 0.5) is 17.3 Å². The molecule has 0 spiro atoms. The lowest BCUT2D eigenvalue weighted by molar-refractivity contribution is -0.383. The number of rotatable bonds is 7. The molecular weight excluding hydrogens is 378 g/mol. The quantitative estimate of drug-likeness (QED) is 0.463. The normalized spacial score (nSPS) is 14.5. The maximum Gasteiger partial charge on any atom is 0.353 e. The topological polar surface area (TPSA) is 84.2 Å². The average molecular weight is 403 g/mol. The molecule has 1 fully saturated rings. The van der Waals surface area contributed by atoms with Gasteiger partial charge in [0.15, 0.2) is 0 Å². The summed E-state index contributed by atoms with van der Waals surface area (Å²) >= 11 is 0. The number of benzene rings is 2. The van der Waals surface area contributed by atoms with E-state index in [1.807, 2.05) is 41.3 Å². The number of hydrogen-bond donors (Lipinski definition) is 1. The highest BCUT2D eigenvalue weighted by molar-refractivity contribution is 5.70. The Bertz CT molecular complexity index is 973. The standard InChI is InChI=1S/C23H25N5O2/c29-28(30)21-22(24-16-20-9-5-2-6-10-20)25-17-26-23(21)27-13-11-19(12-14-27)15-18-7-3-1-4-8-18/h1-10,17,19H,11-16H2,(H,24,25,26). The number of anilines is 2. The lowest BCUT2D eigenvalue weighted by Crippen LogP contribution is -2.35. The highest BCUT2D eigenvalue weighted by atomic mass is 16.6. The van der Waals surface area contributed by atoms with Gasteiger partial charge in [0.2, 0.25) is 11.6 Å². The summed E-state index contributed by atoms with van der Waals surface area (Å²) < 4.78 is 0. The Morgan fingerprint density at radius 2 is 1.60 bits per heavy atom. The highest BCUT2D eigenvalue weighted by Crippen LogP contribution is 2.34. The van der Waals surface area contributed by atoms with Crippen molar-refractivity contribution in [3.05, 3.63) is 88.2 Å². The second-order valence-electron chi connectivity index (χ2n) is 7.61. The lowest BCUT2D eigenvalue weighted by Gasteiger charge is -2.32. The van der Waals surface area contributed by atoms with Gasteiger partial charge in [-0.25, -0.2) is 9.97 Å². The van der Waals surface area contributed by atoms with Crippen LogP contribution in [0.1, 0.15) is 24.0 Å². The monoisotopic (exact) mass is 403 g/mol. The van der Waals surface area contributed by atoms with Crippen LogP contribution >= 0.6 is 0 Å². The Morgan fingerprint density at radius 1 is 0.967 bits per heavy atom. The number of nitrogens with zero attached hydrogens (tertiary/aromatic N) is 4. The Morgan fingerprint density at radius 3 is 2.23 bits per heavy atom. The van der Waals surface area contributed by atoms with Gasteiger partial charge in [-0.15, -0.1) is 0 Å². The van der Waals surface area contributed by atoms with Gasteiger partial charge in [0, 0.05) is 19.6 Å². The van der Waals surface area contributed by atoms with Crippen molar-refractivity contribution in [2.45, 2.75) is 25.8 Å². The van der Waals surface area contributed by atoms with E-state index >= 15 is 0 Å². The van der Waals surface area contributed by atoms with Gasteiger partial charge in [-0.1, -0.05) is 60.7 Å². The first-order valence-corrected chi connectivity index (χ1v) is 10.3. The van der Waals surface area contributed by atoms with Crippen molar-refractivity contribution in [2.75, 3.05) is 23.3 Å². The summed E-state index contributed by atoms with van der Waals surface area (Å²) in [5.74, 6) is 1.25. The molecule has 0 unspecified atom stereocenters. The fraction of sp³-hybridized carbons (Fsp3) is 0.304. The van der Waals surface area contributed by atoms with Crippen LogP contribution in [0.2, 0.25) is 0 Å². The minimum absolute atomic E-state index is 0.0464. The van der Waals surface area contributed by atoms with Gasteiger partial charge in [0.25, 0.3) is 0 Å². The van der Waals surface area contributed by atoms with E-state index in [-0.39, 0.29) is 16.4 Å². The molecule has 0 radical (unpaired) electrons. The maximum atomic E-state index is 11.9. The van der Waals surface area contributed by atoms with Crippen molar-refractivity contribution >= 4 is 17.3 Å². The summed E-state index contributed by atoms with van der Waals surface area (Å²) in [5.41, 5.74) is 2.33. The molecule has 0 atom stereocenters. The number of hydrogen-bond acceptors (Lipinski definition) is 6. The van der Waals surface area contributed by atoms with Crippen molar-refractivity contribution in [1.82, 2.24) is 9.97 Å². The van der Waals surface area contributed by atoms with Crippen molar-refractivity contribution in [3.8, 4) is 0 Å². The zero-order valence-electron chi connectivity index (χ0n) is 16.8. The Balaban J connectivity index is 1.45.